The number of carbonyl (C=O) groups excluding carboxylic acids is 1. The molecule has 0 N–H and O–H groups in total. The molecule has 2 rings (SSSR count). The lowest BCUT2D eigenvalue weighted by Crippen LogP contribution is -2.31. The monoisotopic (exact) mass is 385 g/mol. The SMILES string of the molecule is COc1cc(C2SCC(=O)N2CCSC(C)(C)C)cc(OC)c1OC. The highest BCUT2D eigenvalue weighted by atomic mass is 32.2. The normalized spacial score (nSPS) is 17.8. The zero-order valence-electron chi connectivity index (χ0n) is 15.8. The van der Waals surface area contributed by atoms with Crippen molar-refractivity contribution in [2.75, 3.05) is 39.4 Å². The number of carbonyl (C=O) groups is 1. The number of benzene rings is 1. The topological polar surface area (TPSA) is 48.0 Å². The maximum Gasteiger partial charge on any atom is 0.233 e. The van der Waals surface area contributed by atoms with E-state index in [2.05, 4.69) is 20.8 Å². The molecule has 7 heteroatoms. The Bertz CT molecular complexity index is 591. The van der Waals surface area contributed by atoms with Gasteiger partial charge < -0.3 is 19.1 Å². The maximum atomic E-state index is 12.4. The van der Waals surface area contributed by atoms with Crippen molar-refractivity contribution in [2.45, 2.75) is 30.9 Å². The van der Waals surface area contributed by atoms with Crippen molar-refractivity contribution in [1.82, 2.24) is 4.90 Å². The minimum absolute atomic E-state index is 0.0261. The minimum Gasteiger partial charge on any atom is -0.493 e. The van der Waals surface area contributed by atoms with Crippen LogP contribution in [0, 0.1) is 0 Å². The van der Waals surface area contributed by atoms with E-state index in [0.717, 1.165) is 17.9 Å². The van der Waals surface area contributed by atoms with Gasteiger partial charge in [0.05, 0.1) is 27.1 Å². The summed E-state index contributed by atoms with van der Waals surface area (Å²) in [7, 11) is 4.79. The Labute approximate surface area is 158 Å². The van der Waals surface area contributed by atoms with Crippen LogP contribution in [0.4, 0.5) is 0 Å². The molecule has 1 aliphatic heterocycles. The summed E-state index contributed by atoms with van der Waals surface area (Å²) in [5.41, 5.74) is 0.992. The predicted octanol–water partition coefficient (Wildman–Crippen LogP) is 3.82. The van der Waals surface area contributed by atoms with Crippen LogP contribution in [-0.4, -0.2) is 54.9 Å². The molecule has 1 heterocycles. The van der Waals surface area contributed by atoms with E-state index < -0.39 is 0 Å². The second-order valence-corrected chi connectivity index (χ2v) is 9.66. The van der Waals surface area contributed by atoms with Crippen LogP contribution in [-0.2, 0) is 4.79 Å². The van der Waals surface area contributed by atoms with Crippen LogP contribution in [0.2, 0.25) is 0 Å². The number of thioether (sulfide) groups is 2. The summed E-state index contributed by atoms with van der Waals surface area (Å²) in [6.45, 7) is 7.30. The van der Waals surface area contributed by atoms with Gasteiger partial charge in [-0.25, -0.2) is 0 Å². The summed E-state index contributed by atoms with van der Waals surface area (Å²) in [5, 5.41) is -0.0261. The molecule has 0 aliphatic carbocycles. The maximum absolute atomic E-state index is 12.4. The minimum atomic E-state index is -0.0261. The second-order valence-electron chi connectivity index (χ2n) is 6.67. The van der Waals surface area contributed by atoms with Gasteiger partial charge in [-0.2, -0.15) is 11.8 Å². The first-order chi connectivity index (χ1) is 11.8. The molecule has 1 fully saturated rings. The number of rotatable bonds is 7. The van der Waals surface area contributed by atoms with Gasteiger partial charge in [0.2, 0.25) is 11.7 Å². The lowest BCUT2D eigenvalue weighted by Gasteiger charge is -2.27. The average molecular weight is 386 g/mol. The van der Waals surface area contributed by atoms with Crippen LogP contribution in [0.3, 0.4) is 0 Å². The Morgan fingerprint density at radius 1 is 1.16 bits per heavy atom. The lowest BCUT2D eigenvalue weighted by atomic mass is 10.1. The van der Waals surface area contributed by atoms with Gasteiger partial charge in [-0.1, -0.05) is 20.8 Å². The fourth-order valence-corrected chi connectivity index (χ4v) is 4.76. The average Bonchev–Trinajstić information content (AvgIpc) is 2.93. The van der Waals surface area contributed by atoms with Crippen molar-refractivity contribution < 1.29 is 19.0 Å². The fraction of sp³-hybridized carbons (Fsp3) is 0.611. The number of amides is 1. The Morgan fingerprint density at radius 3 is 2.24 bits per heavy atom. The van der Waals surface area contributed by atoms with Crippen molar-refractivity contribution in [1.29, 1.82) is 0 Å². The van der Waals surface area contributed by atoms with Gasteiger partial charge in [0, 0.05) is 17.0 Å². The molecule has 1 aromatic rings. The molecule has 0 aromatic heterocycles. The molecule has 0 saturated carbocycles. The number of methoxy groups -OCH3 is 3. The fourth-order valence-electron chi connectivity index (χ4n) is 2.67. The summed E-state index contributed by atoms with van der Waals surface area (Å²) in [6, 6.07) is 3.86. The molecule has 25 heavy (non-hydrogen) atoms. The first-order valence-electron chi connectivity index (χ1n) is 8.15. The lowest BCUT2D eigenvalue weighted by molar-refractivity contribution is -0.127. The van der Waals surface area contributed by atoms with E-state index in [9.17, 15) is 4.79 Å². The Kier molecular flexibility index (Phi) is 6.79. The molecule has 1 saturated heterocycles. The summed E-state index contributed by atoms with van der Waals surface area (Å²) in [6.07, 6.45) is 0. The largest absolute Gasteiger partial charge is 0.493 e. The van der Waals surface area contributed by atoms with Crippen LogP contribution in [0.25, 0.3) is 0 Å². The van der Waals surface area contributed by atoms with Crippen molar-refractivity contribution in [2.24, 2.45) is 0 Å². The van der Waals surface area contributed by atoms with Crippen molar-refractivity contribution in [3.05, 3.63) is 17.7 Å². The van der Waals surface area contributed by atoms with E-state index in [1.807, 2.05) is 28.8 Å². The van der Waals surface area contributed by atoms with Gasteiger partial charge in [-0.3, -0.25) is 4.79 Å². The highest BCUT2D eigenvalue weighted by Crippen LogP contribution is 2.45. The molecular formula is C18H27NO4S2. The molecule has 1 unspecified atom stereocenters. The summed E-state index contributed by atoms with van der Waals surface area (Å²) in [4.78, 5) is 14.3. The van der Waals surface area contributed by atoms with Gasteiger partial charge in [-0.05, 0) is 17.7 Å². The van der Waals surface area contributed by atoms with Gasteiger partial charge in [0.15, 0.2) is 11.5 Å². The molecule has 1 amide bonds. The predicted molar refractivity (Wildman–Crippen MR) is 105 cm³/mol. The van der Waals surface area contributed by atoms with Crippen LogP contribution < -0.4 is 14.2 Å². The van der Waals surface area contributed by atoms with E-state index in [1.54, 1.807) is 33.1 Å². The number of nitrogens with zero attached hydrogens (tertiary/aromatic N) is 1. The standard InChI is InChI=1S/C18H27NO4S2/c1-18(2,3)25-8-7-19-15(20)11-24-17(19)12-9-13(21-4)16(23-6)14(10-12)22-5/h9-10,17H,7-8,11H2,1-6H3. The van der Waals surface area contributed by atoms with E-state index >= 15 is 0 Å². The quantitative estimate of drug-likeness (QED) is 0.711. The van der Waals surface area contributed by atoms with Crippen LogP contribution >= 0.6 is 23.5 Å². The van der Waals surface area contributed by atoms with E-state index in [-0.39, 0.29) is 16.0 Å². The molecule has 5 nitrogen and oxygen atoms in total. The number of hydrogen-bond donors (Lipinski definition) is 0. The summed E-state index contributed by atoms with van der Waals surface area (Å²) in [5.74, 6) is 3.39. The van der Waals surface area contributed by atoms with E-state index in [0.29, 0.717) is 23.0 Å². The van der Waals surface area contributed by atoms with Gasteiger partial charge in [0.25, 0.3) is 0 Å². The molecule has 1 aliphatic rings. The molecule has 1 atom stereocenters. The second kappa shape index (κ2) is 8.45. The first kappa shape index (κ1) is 20.1. The number of ether oxygens (including phenoxy) is 3. The molecule has 140 valence electrons. The summed E-state index contributed by atoms with van der Waals surface area (Å²) >= 11 is 3.51. The molecule has 0 radical (unpaired) electrons. The highest BCUT2D eigenvalue weighted by Gasteiger charge is 2.34. The molecule has 1 aromatic carbocycles. The Hall–Kier alpha value is -1.21. The van der Waals surface area contributed by atoms with Crippen molar-refractivity contribution >= 4 is 29.4 Å². The Morgan fingerprint density at radius 2 is 1.76 bits per heavy atom. The third kappa shape index (κ3) is 4.91. The van der Waals surface area contributed by atoms with Crippen molar-refractivity contribution in [3.8, 4) is 17.2 Å². The van der Waals surface area contributed by atoms with Crippen LogP contribution in [0.5, 0.6) is 17.2 Å². The molecule has 0 bridgehead atoms. The van der Waals surface area contributed by atoms with E-state index in [1.165, 1.54) is 0 Å². The smallest absolute Gasteiger partial charge is 0.233 e. The highest BCUT2D eigenvalue weighted by molar-refractivity contribution is 8.01. The van der Waals surface area contributed by atoms with Crippen LogP contribution in [0.1, 0.15) is 31.7 Å². The molecular weight excluding hydrogens is 358 g/mol. The number of hydrogen-bond acceptors (Lipinski definition) is 6. The summed E-state index contributed by atoms with van der Waals surface area (Å²) < 4.78 is 16.5. The van der Waals surface area contributed by atoms with Gasteiger partial charge in [0.1, 0.15) is 5.37 Å². The molecule has 0 spiro atoms. The van der Waals surface area contributed by atoms with E-state index in [4.69, 9.17) is 14.2 Å². The van der Waals surface area contributed by atoms with Crippen molar-refractivity contribution in [3.63, 3.8) is 0 Å². The van der Waals surface area contributed by atoms with Gasteiger partial charge in [-0.15, -0.1) is 11.8 Å². The van der Waals surface area contributed by atoms with Gasteiger partial charge >= 0.3 is 0 Å². The first-order valence-corrected chi connectivity index (χ1v) is 10.2. The third-order valence-corrected chi connectivity index (χ3v) is 6.32. The zero-order chi connectivity index (χ0) is 18.6. The zero-order valence-corrected chi connectivity index (χ0v) is 17.4. The van der Waals surface area contributed by atoms with Crippen LogP contribution in [0.15, 0.2) is 12.1 Å². The Balaban J connectivity index is 2.24. The third-order valence-electron chi connectivity index (χ3n) is 3.81.